The third-order valence-corrected chi connectivity index (χ3v) is 4.94. The molecule has 3 N–H and O–H groups in total. The van der Waals surface area contributed by atoms with Gasteiger partial charge in [0.05, 0.1) is 6.61 Å². The van der Waals surface area contributed by atoms with E-state index in [-0.39, 0.29) is 17.5 Å². The second-order valence-corrected chi connectivity index (χ2v) is 7.14. The Morgan fingerprint density at radius 3 is 2.92 bits per heavy atom. The summed E-state index contributed by atoms with van der Waals surface area (Å²) in [6.45, 7) is 8.77. The number of piperidine rings is 1. The maximum atomic E-state index is 12.5. The Hall–Kier alpha value is -2.09. The Morgan fingerprint density at radius 2 is 2.15 bits per heavy atom. The fraction of sp³-hybridized carbons (Fsp3) is 0.722. The van der Waals surface area contributed by atoms with Gasteiger partial charge in [-0.25, -0.2) is 4.79 Å². The van der Waals surface area contributed by atoms with Gasteiger partial charge in [0.1, 0.15) is 5.52 Å². The topological polar surface area (TPSA) is 102 Å². The van der Waals surface area contributed by atoms with Crippen LogP contribution < -0.4 is 16.2 Å². The summed E-state index contributed by atoms with van der Waals surface area (Å²) in [4.78, 5) is 26.4. The van der Waals surface area contributed by atoms with Gasteiger partial charge in [0, 0.05) is 13.1 Å². The quantitative estimate of drug-likeness (QED) is 0.697. The third-order valence-electron chi connectivity index (χ3n) is 4.94. The van der Waals surface area contributed by atoms with Crippen LogP contribution in [0, 0.1) is 5.92 Å². The minimum atomic E-state index is -0.181. The molecule has 3 heterocycles. The van der Waals surface area contributed by atoms with Gasteiger partial charge >= 0.3 is 11.7 Å². The number of rotatable bonds is 8. The van der Waals surface area contributed by atoms with Gasteiger partial charge in [-0.15, -0.1) is 0 Å². The molecular weight excluding hydrogens is 332 g/mol. The largest absolute Gasteiger partial charge is 0.463 e. The highest BCUT2D eigenvalue weighted by molar-refractivity contribution is 5.81. The lowest BCUT2D eigenvalue weighted by Gasteiger charge is -2.32. The molecule has 2 aromatic heterocycles. The zero-order chi connectivity index (χ0) is 18.5. The van der Waals surface area contributed by atoms with E-state index >= 15 is 0 Å². The van der Waals surface area contributed by atoms with Crippen LogP contribution in [-0.2, 0) is 6.54 Å². The first-order valence-corrected chi connectivity index (χ1v) is 9.73. The first-order chi connectivity index (χ1) is 12.6. The molecule has 0 aliphatic carbocycles. The van der Waals surface area contributed by atoms with Gasteiger partial charge in [-0.05, 0) is 44.7 Å². The van der Waals surface area contributed by atoms with Crippen LogP contribution in [0.15, 0.2) is 4.79 Å². The summed E-state index contributed by atoms with van der Waals surface area (Å²) < 4.78 is 7.29. The van der Waals surface area contributed by atoms with Crippen molar-refractivity contribution in [1.82, 2.24) is 24.4 Å². The van der Waals surface area contributed by atoms with Gasteiger partial charge in [0.15, 0.2) is 11.5 Å². The predicted octanol–water partition coefficient (Wildman–Crippen LogP) is 2.00. The van der Waals surface area contributed by atoms with Crippen LogP contribution in [0.25, 0.3) is 11.2 Å². The van der Waals surface area contributed by atoms with E-state index in [0.717, 1.165) is 45.3 Å². The molecule has 1 fully saturated rings. The number of imidazole rings is 1. The number of aromatic nitrogens is 4. The van der Waals surface area contributed by atoms with E-state index in [1.54, 1.807) is 4.57 Å². The lowest BCUT2D eigenvalue weighted by atomic mass is 9.98. The van der Waals surface area contributed by atoms with E-state index in [0.29, 0.717) is 30.2 Å². The number of H-pyrrole nitrogens is 1. The number of likely N-dealkylation sites (tertiary alicyclic amines) is 1. The van der Waals surface area contributed by atoms with Gasteiger partial charge in [-0.3, -0.25) is 4.57 Å². The molecule has 1 saturated heterocycles. The fourth-order valence-electron chi connectivity index (χ4n) is 3.65. The average molecular weight is 362 g/mol. The summed E-state index contributed by atoms with van der Waals surface area (Å²) >= 11 is 0. The van der Waals surface area contributed by atoms with E-state index in [9.17, 15) is 4.79 Å². The van der Waals surface area contributed by atoms with Crippen molar-refractivity contribution < 1.29 is 4.74 Å². The Bertz CT molecular complexity index is 782. The van der Waals surface area contributed by atoms with E-state index in [1.165, 1.54) is 6.42 Å². The van der Waals surface area contributed by atoms with E-state index in [2.05, 4.69) is 33.7 Å². The first-order valence-electron chi connectivity index (χ1n) is 9.73. The Balaban J connectivity index is 1.83. The lowest BCUT2D eigenvalue weighted by Crippen LogP contribution is -2.38. The van der Waals surface area contributed by atoms with E-state index in [4.69, 9.17) is 10.5 Å². The van der Waals surface area contributed by atoms with Crippen molar-refractivity contribution >= 4 is 17.0 Å². The molecule has 0 radical (unpaired) electrons. The predicted molar refractivity (Wildman–Crippen MR) is 102 cm³/mol. The van der Waals surface area contributed by atoms with Crippen molar-refractivity contribution in [1.29, 1.82) is 0 Å². The average Bonchev–Trinajstić information content (AvgIpc) is 2.93. The van der Waals surface area contributed by atoms with Crippen molar-refractivity contribution in [3.8, 4) is 6.01 Å². The third kappa shape index (κ3) is 4.17. The Morgan fingerprint density at radius 1 is 1.31 bits per heavy atom. The maximum absolute atomic E-state index is 12.5. The molecular formula is C18H30N6O2. The molecule has 0 spiro atoms. The molecule has 0 saturated carbocycles. The van der Waals surface area contributed by atoms with Crippen LogP contribution in [-0.4, -0.2) is 50.7 Å². The smallest absolute Gasteiger partial charge is 0.327 e. The molecule has 2 aromatic rings. The highest BCUT2D eigenvalue weighted by Crippen LogP contribution is 2.22. The number of hydrogen-bond acceptors (Lipinski definition) is 6. The summed E-state index contributed by atoms with van der Waals surface area (Å²) in [5.74, 6) is 0.696. The summed E-state index contributed by atoms with van der Waals surface area (Å²) in [5.41, 5.74) is 6.88. The number of unbranched alkanes of at least 4 members (excludes halogenated alkanes) is 1. The molecule has 1 atom stereocenters. The standard InChI is InChI=1S/C18H30N6O2/c1-3-5-10-26-17-21-15(19)14-16(22-17)24(18(25)20-14)12-13-7-6-9-23(11-13)8-4-2/h13H,3-12H2,1-2H3,(H,20,25)(H2,19,21,22). The van der Waals surface area contributed by atoms with Crippen LogP contribution in [0.1, 0.15) is 46.0 Å². The molecule has 1 aliphatic rings. The number of nitrogen functional groups attached to an aromatic ring is 1. The number of nitrogens with two attached hydrogens (primary N) is 1. The van der Waals surface area contributed by atoms with Crippen LogP contribution in [0.4, 0.5) is 5.82 Å². The summed E-state index contributed by atoms with van der Waals surface area (Å²) in [6.07, 6.45) is 5.41. The SMILES string of the molecule is CCCCOc1nc(N)c2[nH]c(=O)n(CC3CCCN(CCC)C3)c2n1. The van der Waals surface area contributed by atoms with Gasteiger partial charge in [0.25, 0.3) is 0 Å². The van der Waals surface area contributed by atoms with Crippen LogP contribution >= 0.6 is 0 Å². The highest BCUT2D eigenvalue weighted by Gasteiger charge is 2.22. The van der Waals surface area contributed by atoms with Crippen molar-refractivity contribution in [3.05, 3.63) is 10.5 Å². The number of aromatic amines is 1. The molecule has 0 aromatic carbocycles. The molecule has 8 nitrogen and oxygen atoms in total. The number of nitrogens with one attached hydrogen (secondary N) is 1. The number of fused-ring (bicyclic) bond motifs is 1. The molecule has 1 unspecified atom stereocenters. The number of nitrogens with zero attached hydrogens (tertiary/aromatic N) is 4. The molecule has 144 valence electrons. The van der Waals surface area contributed by atoms with Crippen molar-refractivity contribution in [2.45, 2.75) is 52.5 Å². The van der Waals surface area contributed by atoms with E-state index in [1.807, 2.05) is 0 Å². The molecule has 1 aliphatic heterocycles. The van der Waals surface area contributed by atoms with Crippen molar-refractivity contribution in [2.24, 2.45) is 5.92 Å². The molecule has 0 amide bonds. The molecule has 3 rings (SSSR count). The van der Waals surface area contributed by atoms with Crippen LogP contribution in [0.2, 0.25) is 0 Å². The minimum Gasteiger partial charge on any atom is -0.463 e. The van der Waals surface area contributed by atoms with Crippen molar-refractivity contribution in [3.63, 3.8) is 0 Å². The van der Waals surface area contributed by atoms with Gasteiger partial charge in [-0.2, -0.15) is 9.97 Å². The Kier molecular flexibility index (Phi) is 6.13. The van der Waals surface area contributed by atoms with E-state index < -0.39 is 0 Å². The zero-order valence-electron chi connectivity index (χ0n) is 15.8. The normalized spacial score (nSPS) is 18.5. The Labute approximate surface area is 153 Å². The summed E-state index contributed by atoms with van der Waals surface area (Å²) in [7, 11) is 0. The zero-order valence-corrected chi connectivity index (χ0v) is 15.8. The number of ether oxygens (including phenoxy) is 1. The second kappa shape index (κ2) is 8.53. The summed E-state index contributed by atoms with van der Waals surface area (Å²) in [5, 5.41) is 0. The lowest BCUT2D eigenvalue weighted by molar-refractivity contribution is 0.163. The minimum absolute atomic E-state index is 0.181. The second-order valence-electron chi connectivity index (χ2n) is 7.14. The van der Waals surface area contributed by atoms with Crippen LogP contribution in [0.3, 0.4) is 0 Å². The number of hydrogen-bond donors (Lipinski definition) is 2. The summed E-state index contributed by atoms with van der Waals surface area (Å²) in [6, 6.07) is 0.243. The molecule has 8 heteroatoms. The van der Waals surface area contributed by atoms with Crippen LogP contribution in [0.5, 0.6) is 6.01 Å². The maximum Gasteiger partial charge on any atom is 0.327 e. The molecule has 0 bridgehead atoms. The highest BCUT2D eigenvalue weighted by atomic mass is 16.5. The fourth-order valence-corrected chi connectivity index (χ4v) is 3.65. The molecule has 26 heavy (non-hydrogen) atoms. The van der Waals surface area contributed by atoms with Gasteiger partial charge in [0.2, 0.25) is 0 Å². The number of anilines is 1. The van der Waals surface area contributed by atoms with Gasteiger partial charge < -0.3 is 20.4 Å². The van der Waals surface area contributed by atoms with Crippen molar-refractivity contribution in [2.75, 3.05) is 32.0 Å². The monoisotopic (exact) mass is 362 g/mol. The first kappa shape index (κ1) is 18.7. The van der Waals surface area contributed by atoms with Gasteiger partial charge in [-0.1, -0.05) is 20.3 Å².